The van der Waals surface area contributed by atoms with Gasteiger partial charge in [0.25, 0.3) is 0 Å². The number of rotatable bonds is 4. The number of nitrogens with one attached hydrogen (secondary N) is 1. The highest BCUT2D eigenvalue weighted by atomic mass is 16.4. The number of hydrogen-bond donors (Lipinski definition) is 2. The molecule has 26 heavy (non-hydrogen) atoms. The Morgan fingerprint density at radius 1 is 0.808 bits per heavy atom. The minimum Gasteiger partial charge on any atom is -0.478 e. The van der Waals surface area contributed by atoms with E-state index in [1.807, 2.05) is 72.8 Å². The maximum absolute atomic E-state index is 11.7. The van der Waals surface area contributed by atoms with Gasteiger partial charge in [0.2, 0.25) is 0 Å². The number of carboxylic acids is 1. The standard InChI is InChI=1S/C22H16N2O2/c25-22(26)18-12-11-17(15-6-2-1-3-7-15)14-20(18)24-19-10-4-8-16-9-5-13-23-21(16)19/h1-14,24H,(H,25,26). The Bertz CT molecular complexity index is 1090. The molecule has 0 aliphatic heterocycles. The van der Waals surface area contributed by atoms with E-state index in [0.717, 1.165) is 27.7 Å². The Labute approximate surface area is 150 Å². The van der Waals surface area contributed by atoms with Gasteiger partial charge in [0, 0.05) is 11.6 Å². The molecule has 2 N–H and O–H groups in total. The predicted octanol–water partition coefficient (Wildman–Crippen LogP) is 5.34. The van der Waals surface area contributed by atoms with Gasteiger partial charge in [-0.3, -0.25) is 4.98 Å². The summed E-state index contributed by atoms with van der Waals surface area (Å²) in [6.07, 6.45) is 1.73. The summed E-state index contributed by atoms with van der Waals surface area (Å²) in [5.41, 5.74) is 4.32. The Balaban J connectivity index is 1.82. The summed E-state index contributed by atoms with van der Waals surface area (Å²) in [4.78, 5) is 16.1. The second-order valence-corrected chi connectivity index (χ2v) is 5.94. The largest absolute Gasteiger partial charge is 0.478 e. The van der Waals surface area contributed by atoms with Crippen LogP contribution in [0.25, 0.3) is 22.0 Å². The lowest BCUT2D eigenvalue weighted by Gasteiger charge is -2.13. The van der Waals surface area contributed by atoms with Crippen LogP contribution in [0.3, 0.4) is 0 Å². The first-order valence-corrected chi connectivity index (χ1v) is 8.26. The second-order valence-electron chi connectivity index (χ2n) is 5.94. The maximum atomic E-state index is 11.7. The van der Waals surface area contributed by atoms with Crippen LogP contribution in [0.4, 0.5) is 11.4 Å². The Morgan fingerprint density at radius 3 is 2.42 bits per heavy atom. The molecule has 0 spiro atoms. The summed E-state index contributed by atoms with van der Waals surface area (Å²) in [5, 5.41) is 13.8. The average molecular weight is 340 g/mol. The van der Waals surface area contributed by atoms with E-state index in [1.54, 1.807) is 12.3 Å². The quantitative estimate of drug-likeness (QED) is 0.526. The smallest absolute Gasteiger partial charge is 0.337 e. The van der Waals surface area contributed by atoms with E-state index in [2.05, 4.69) is 10.3 Å². The van der Waals surface area contributed by atoms with Crippen LogP contribution in [0, 0.1) is 0 Å². The van der Waals surface area contributed by atoms with Crippen molar-refractivity contribution in [1.82, 2.24) is 4.98 Å². The monoisotopic (exact) mass is 340 g/mol. The normalized spacial score (nSPS) is 10.6. The molecule has 0 fully saturated rings. The highest BCUT2D eigenvalue weighted by molar-refractivity contribution is 5.99. The zero-order valence-electron chi connectivity index (χ0n) is 13.9. The van der Waals surface area contributed by atoms with Crippen molar-refractivity contribution in [2.24, 2.45) is 0 Å². The van der Waals surface area contributed by atoms with Crippen molar-refractivity contribution in [3.63, 3.8) is 0 Å². The number of carbonyl (C=O) groups is 1. The lowest BCUT2D eigenvalue weighted by Crippen LogP contribution is -2.03. The summed E-state index contributed by atoms with van der Waals surface area (Å²) in [6.45, 7) is 0. The number of para-hydroxylation sites is 1. The number of aromatic carboxylic acids is 1. The molecule has 0 bridgehead atoms. The van der Waals surface area contributed by atoms with Gasteiger partial charge in [0.05, 0.1) is 22.5 Å². The van der Waals surface area contributed by atoms with Gasteiger partial charge in [-0.1, -0.05) is 54.6 Å². The summed E-state index contributed by atoms with van der Waals surface area (Å²) in [7, 11) is 0. The van der Waals surface area contributed by atoms with E-state index < -0.39 is 5.97 Å². The molecule has 3 aromatic carbocycles. The molecule has 0 aliphatic rings. The molecule has 4 aromatic rings. The van der Waals surface area contributed by atoms with Crippen LogP contribution < -0.4 is 5.32 Å². The Kier molecular flexibility index (Phi) is 4.07. The summed E-state index contributed by atoms with van der Waals surface area (Å²) in [5.74, 6) is -0.972. The van der Waals surface area contributed by atoms with Gasteiger partial charge < -0.3 is 10.4 Å². The average Bonchev–Trinajstić information content (AvgIpc) is 2.69. The van der Waals surface area contributed by atoms with Gasteiger partial charge in [-0.2, -0.15) is 0 Å². The highest BCUT2D eigenvalue weighted by Crippen LogP contribution is 2.30. The van der Waals surface area contributed by atoms with E-state index in [9.17, 15) is 9.90 Å². The molecule has 0 atom stereocenters. The van der Waals surface area contributed by atoms with Crippen molar-refractivity contribution >= 4 is 28.2 Å². The van der Waals surface area contributed by atoms with Gasteiger partial charge in [-0.25, -0.2) is 4.79 Å². The van der Waals surface area contributed by atoms with Gasteiger partial charge >= 0.3 is 5.97 Å². The van der Waals surface area contributed by atoms with Gasteiger partial charge in [-0.05, 0) is 35.4 Å². The van der Waals surface area contributed by atoms with E-state index in [1.165, 1.54) is 0 Å². The summed E-state index contributed by atoms with van der Waals surface area (Å²) < 4.78 is 0. The fourth-order valence-corrected chi connectivity index (χ4v) is 2.99. The van der Waals surface area contributed by atoms with Crippen LogP contribution in [-0.2, 0) is 0 Å². The lowest BCUT2D eigenvalue weighted by atomic mass is 10.0. The van der Waals surface area contributed by atoms with Crippen molar-refractivity contribution in [2.75, 3.05) is 5.32 Å². The number of nitrogens with zero attached hydrogens (tertiary/aromatic N) is 1. The van der Waals surface area contributed by atoms with E-state index >= 15 is 0 Å². The molecular weight excluding hydrogens is 324 g/mol. The van der Waals surface area contributed by atoms with Crippen molar-refractivity contribution < 1.29 is 9.90 Å². The van der Waals surface area contributed by atoms with E-state index in [-0.39, 0.29) is 5.56 Å². The van der Waals surface area contributed by atoms with Crippen molar-refractivity contribution in [1.29, 1.82) is 0 Å². The zero-order chi connectivity index (χ0) is 17.9. The number of anilines is 2. The number of fused-ring (bicyclic) bond motifs is 1. The molecule has 0 radical (unpaired) electrons. The number of benzene rings is 3. The third-order valence-corrected chi connectivity index (χ3v) is 4.26. The minimum atomic E-state index is -0.972. The molecule has 0 aliphatic carbocycles. The number of pyridine rings is 1. The number of hydrogen-bond acceptors (Lipinski definition) is 3. The molecule has 0 saturated carbocycles. The fourth-order valence-electron chi connectivity index (χ4n) is 2.99. The summed E-state index contributed by atoms with van der Waals surface area (Å²) in [6, 6.07) is 24.8. The van der Waals surface area contributed by atoms with Gasteiger partial charge in [-0.15, -0.1) is 0 Å². The van der Waals surface area contributed by atoms with Crippen LogP contribution in [0.15, 0.2) is 85.1 Å². The SMILES string of the molecule is O=C(O)c1ccc(-c2ccccc2)cc1Nc1cccc2cccnc12. The molecular formula is C22H16N2O2. The fraction of sp³-hybridized carbons (Fsp3) is 0. The molecule has 1 heterocycles. The van der Waals surface area contributed by atoms with Gasteiger partial charge in [0.15, 0.2) is 0 Å². The molecule has 126 valence electrons. The van der Waals surface area contributed by atoms with Crippen LogP contribution >= 0.6 is 0 Å². The molecule has 1 aromatic heterocycles. The van der Waals surface area contributed by atoms with Crippen molar-refractivity contribution in [3.8, 4) is 11.1 Å². The second kappa shape index (κ2) is 6.69. The molecule has 0 saturated heterocycles. The minimum absolute atomic E-state index is 0.220. The zero-order valence-corrected chi connectivity index (χ0v) is 13.9. The lowest BCUT2D eigenvalue weighted by molar-refractivity contribution is 0.0698. The maximum Gasteiger partial charge on any atom is 0.337 e. The van der Waals surface area contributed by atoms with Crippen molar-refractivity contribution in [2.45, 2.75) is 0 Å². The van der Waals surface area contributed by atoms with Crippen LogP contribution in [-0.4, -0.2) is 16.1 Å². The van der Waals surface area contributed by atoms with Crippen LogP contribution in [0.2, 0.25) is 0 Å². The number of aromatic nitrogens is 1. The summed E-state index contributed by atoms with van der Waals surface area (Å²) >= 11 is 0. The Hall–Kier alpha value is -3.66. The Morgan fingerprint density at radius 2 is 1.62 bits per heavy atom. The molecule has 0 amide bonds. The van der Waals surface area contributed by atoms with Crippen LogP contribution in [0.1, 0.15) is 10.4 Å². The first kappa shape index (κ1) is 15.8. The first-order valence-electron chi connectivity index (χ1n) is 8.26. The van der Waals surface area contributed by atoms with E-state index in [0.29, 0.717) is 5.69 Å². The van der Waals surface area contributed by atoms with Crippen LogP contribution in [0.5, 0.6) is 0 Å². The molecule has 4 nitrogen and oxygen atoms in total. The highest BCUT2D eigenvalue weighted by Gasteiger charge is 2.13. The predicted molar refractivity (Wildman–Crippen MR) is 104 cm³/mol. The first-order chi connectivity index (χ1) is 12.7. The number of carboxylic acid groups (broad SMARTS) is 1. The molecule has 0 unspecified atom stereocenters. The topological polar surface area (TPSA) is 62.2 Å². The third-order valence-electron chi connectivity index (χ3n) is 4.26. The van der Waals surface area contributed by atoms with Gasteiger partial charge in [0.1, 0.15) is 0 Å². The van der Waals surface area contributed by atoms with Crippen molar-refractivity contribution in [3.05, 3.63) is 90.6 Å². The third kappa shape index (κ3) is 3.00. The van der Waals surface area contributed by atoms with E-state index in [4.69, 9.17) is 0 Å². The molecule has 4 rings (SSSR count). The molecule has 4 heteroatoms.